The number of aliphatic hydroxyl groups is 2. The lowest BCUT2D eigenvalue weighted by Gasteiger charge is -2.45. The zero-order valence-electron chi connectivity index (χ0n) is 24.8. The summed E-state index contributed by atoms with van der Waals surface area (Å²) in [6.07, 6.45) is 8.78. The van der Waals surface area contributed by atoms with Gasteiger partial charge in [0.1, 0.15) is 16.7 Å². The number of hydrogen-bond acceptors (Lipinski definition) is 14. The molecule has 5 aliphatic rings. The number of rotatable bonds is 6. The number of aliphatic hydroxyl groups excluding tert-OH is 2. The van der Waals surface area contributed by atoms with E-state index < -0.39 is 65.0 Å². The highest BCUT2D eigenvalue weighted by molar-refractivity contribution is 6.15. The molecule has 0 aromatic heterocycles. The monoisotopic (exact) mass is 630 g/mol. The van der Waals surface area contributed by atoms with Crippen LogP contribution in [0.5, 0.6) is 0 Å². The van der Waals surface area contributed by atoms with E-state index in [1.54, 1.807) is 6.92 Å². The van der Waals surface area contributed by atoms with E-state index in [2.05, 4.69) is 0 Å². The first-order valence-corrected chi connectivity index (χ1v) is 14.8. The first-order valence-electron chi connectivity index (χ1n) is 14.8. The first kappa shape index (κ1) is 31.7. The quantitative estimate of drug-likeness (QED) is 0.142. The van der Waals surface area contributed by atoms with Crippen LogP contribution in [-0.2, 0) is 57.1 Å². The standard InChI is InChI=1S/C31H34O14/c1-3-39-22(32)17-19-9-7-8-12-31(19)44-27(37)21(28(38)45-31)11-6-4-5-10-20-25(35)42-30(43-26(20)36)15-13-29(14-16-30)40-23(33)18(2)24(34)41-29/h4-6,10-11,19,33,37H,3,7-9,12-17H2,1-2H3/b5-4+,11-6+,20-10?. The molecule has 5 rings (SSSR count). The molecule has 0 amide bonds. The van der Waals surface area contributed by atoms with Crippen LogP contribution in [0.1, 0.15) is 71.6 Å². The normalized spacial score (nSPS) is 32.0. The summed E-state index contributed by atoms with van der Waals surface area (Å²) in [7, 11) is 0. The summed E-state index contributed by atoms with van der Waals surface area (Å²) in [5.74, 6) is -9.99. The minimum Gasteiger partial charge on any atom is -0.481 e. The van der Waals surface area contributed by atoms with Gasteiger partial charge in [0, 0.05) is 38.0 Å². The number of carbonyl (C=O) groups is 5. The third-order valence-corrected chi connectivity index (χ3v) is 8.36. The largest absolute Gasteiger partial charge is 0.481 e. The Morgan fingerprint density at radius 2 is 1.44 bits per heavy atom. The van der Waals surface area contributed by atoms with Crippen LogP contribution in [0.3, 0.4) is 0 Å². The highest BCUT2D eigenvalue weighted by Crippen LogP contribution is 2.46. The lowest BCUT2D eigenvalue weighted by molar-refractivity contribution is -0.297. The van der Waals surface area contributed by atoms with Gasteiger partial charge in [0.25, 0.3) is 29.3 Å². The maximum Gasteiger partial charge on any atom is 0.348 e. The molecule has 2 aliphatic carbocycles. The van der Waals surface area contributed by atoms with E-state index in [-0.39, 0.29) is 55.4 Å². The topological polar surface area (TPSA) is 190 Å². The Hall–Kier alpha value is -4.75. The van der Waals surface area contributed by atoms with Crippen molar-refractivity contribution in [2.24, 2.45) is 5.92 Å². The summed E-state index contributed by atoms with van der Waals surface area (Å²) in [6, 6.07) is 0. The minimum atomic E-state index is -1.57. The third-order valence-electron chi connectivity index (χ3n) is 8.36. The molecule has 0 bridgehead atoms. The Labute approximate surface area is 257 Å². The summed E-state index contributed by atoms with van der Waals surface area (Å²) in [4.78, 5) is 62.4. The van der Waals surface area contributed by atoms with Crippen molar-refractivity contribution in [2.45, 2.75) is 89.0 Å². The average Bonchev–Trinajstić information content (AvgIpc) is 2.97. The van der Waals surface area contributed by atoms with Gasteiger partial charge in [-0.1, -0.05) is 24.6 Å². The molecule has 2 saturated carbocycles. The molecule has 3 spiro atoms. The van der Waals surface area contributed by atoms with E-state index in [4.69, 9.17) is 33.2 Å². The van der Waals surface area contributed by atoms with Crippen molar-refractivity contribution in [2.75, 3.05) is 6.61 Å². The fraction of sp³-hybridized carbons (Fsp3) is 0.516. The van der Waals surface area contributed by atoms with Gasteiger partial charge in [0.2, 0.25) is 0 Å². The van der Waals surface area contributed by atoms with Crippen LogP contribution in [0.4, 0.5) is 0 Å². The van der Waals surface area contributed by atoms with E-state index >= 15 is 0 Å². The average molecular weight is 631 g/mol. The predicted molar refractivity (Wildman–Crippen MR) is 148 cm³/mol. The molecule has 45 heavy (non-hydrogen) atoms. The maximum atomic E-state index is 12.8. The zero-order chi connectivity index (χ0) is 32.4. The molecule has 0 aromatic carbocycles. The molecule has 242 valence electrons. The van der Waals surface area contributed by atoms with E-state index in [0.717, 1.165) is 6.42 Å². The van der Waals surface area contributed by atoms with Crippen LogP contribution in [0, 0.1) is 5.92 Å². The molecule has 14 nitrogen and oxygen atoms in total. The van der Waals surface area contributed by atoms with Gasteiger partial charge in [0.15, 0.2) is 0 Å². The van der Waals surface area contributed by atoms with Gasteiger partial charge in [-0.3, -0.25) is 4.79 Å². The van der Waals surface area contributed by atoms with Crippen molar-refractivity contribution < 1.29 is 67.3 Å². The fourth-order valence-electron chi connectivity index (χ4n) is 5.89. The highest BCUT2D eigenvalue weighted by atomic mass is 16.8. The number of allylic oxidation sites excluding steroid dienone is 4. The molecule has 3 aliphatic heterocycles. The van der Waals surface area contributed by atoms with E-state index in [1.165, 1.54) is 37.3 Å². The molecule has 2 N–H and O–H groups in total. The molecule has 0 aromatic rings. The van der Waals surface area contributed by atoms with Crippen LogP contribution >= 0.6 is 0 Å². The van der Waals surface area contributed by atoms with Gasteiger partial charge in [-0.05, 0) is 38.8 Å². The Morgan fingerprint density at radius 3 is 2.07 bits per heavy atom. The van der Waals surface area contributed by atoms with Crippen LogP contribution in [0.2, 0.25) is 0 Å². The van der Waals surface area contributed by atoms with Gasteiger partial charge in [-0.2, -0.15) is 0 Å². The summed E-state index contributed by atoms with van der Waals surface area (Å²) in [6.45, 7) is 3.26. The van der Waals surface area contributed by atoms with Crippen LogP contribution < -0.4 is 0 Å². The SMILES string of the molecule is CCOC(=O)CC1CCCCC12OC(=O)C(/C=C/C=C/C=C1C(=O)OC3(CCC4(CC3)OC(=O)C(C)=C(O)O4)OC1=O)=C(O)O2. The lowest BCUT2D eigenvalue weighted by atomic mass is 9.80. The van der Waals surface area contributed by atoms with Crippen molar-refractivity contribution in [1.29, 1.82) is 0 Å². The Balaban J connectivity index is 1.19. The molecular formula is C31H34O14. The summed E-state index contributed by atoms with van der Waals surface area (Å²) < 4.78 is 38.0. The first-order chi connectivity index (χ1) is 21.4. The van der Waals surface area contributed by atoms with Gasteiger partial charge >= 0.3 is 29.8 Å². The minimum absolute atomic E-state index is 0.00238. The van der Waals surface area contributed by atoms with E-state index in [1.807, 2.05) is 0 Å². The van der Waals surface area contributed by atoms with Gasteiger partial charge in [0.05, 0.1) is 13.0 Å². The molecule has 3 fully saturated rings. The van der Waals surface area contributed by atoms with Gasteiger partial charge in [-0.25, -0.2) is 19.2 Å². The number of hydrogen-bond donors (Lipinski definition) is 2. The van der Waals surface area contributed by atoms with Crippen LogP contribution in [0.15, 0.2) is 59.0 Å². The molecular weight excluding hydrogens is 596 g/mol. The highest BCUT2D eigenvalue weighted by Gasteiger charge is 2.56. The van der Waals surface area contributed by atoms with Crippen molar-refractivity contribution in [3.8, 4) is 0 Å². The fourth-order valence-corrected chi connectivity index (χ4v) is 5.89. The predicted octanol–water partition coefficient (Wildman–Crippen LogP) is 3.64. The molecule has 14 heteroatoms. The Kier molecular flexibility index (Phi) is 8.68. The molecule has 1 saturated heterocycles. The van der Waals surface area contributed by atoms with E-state index in [0.29, 0.717) is 19.3 Å². The molecule has 0 radical (unpaired) electrons. The van der Waals surface area contributed by atoms with E-state index in [9.17, 15) is 34.2 Å². The van der Waals surface area contributed by atoms with Crippen molar-refractivity contribution in [3.63, 3.8) is 0 Å². The number of esters is 5. The molecule has 2 unspecified atom stereocenters. The number of ether oxygens (including phenoxy) is 7. The Morgan fingerprint density at radius 1 is 0.800 bits per heavy atom. The van der Waals surface area contributed by atoms with Gasteiger partial charge < -0.3 is 43.4 Å². The smallest absolute Gasteiger partial charge is 0.348 e. The third kappa shape index (κ3) is 6.40. The zero-order valence-corrected chi connectivity index (χ0v) is 24.8. The second kappa shape index (κ2) is 12.3. The second-order valence-corrected chi connectivity index (χ2v) is 11.3. The summed E-state index contributed by atoms with van der Waals surface area (Å²) in [5.41, 5.74) is -0.696. The van der Waals surface area contributed by atoms with Crippen molar-refractivity contribution in [3.05, 3.63) is 59.0 Å². The molecule has 2 atom stereocenters. The van der Waals surface area contributed by atoms with Crippen LogP contribution in [-0.4, -0.2) is 64.0 Å². The van der Waals surface area contributed by atoms with Crippen molar-refractivity contribution in [1.82, 2.24) is 0 Å². The van der Waals surface area contributed by atoms with Crippen LogP contribution in [0.25, 0.3) is 0 Å². The lowest BCUT2D eigenvalue weighted by Crippen LogP contribution is -2.54. The maximum absolute atomic E-state index is 12.8. The Bertz CT molecular complexity index is 1420. The van der Waals surface area contributed by atoms with Gasteiger partial charge in [-0.15, -0.1) is 0 Å². The number of carbonyl (C=O) groups excluding carboxylic acids is 5. The van der Waals surface area contributed by atoms with Crippen molar-refractivity contribution >= 4 is 29.8 Å². The molecule has 3 heterocycles. The summed E-state index contributed by atoms with van der Waals surface area (Å²) in [5, 5.41) is 20.5. The second-order valence-electron chi connectivity index (χ2n) is 11.3. The summed E-state index contributed by atoms with van der Waals surface area (Å²) >= 11 is 0.